The fourth-order valence-electron chi connectivity index (χ4n) is 2.24. The van der Waals surface area contributed by atoms with Crippen LogP contribution < -0.4 is 5.32 Å². The van der Waals surface area contributed by atoms with Crippen molar-refractivity contribution >= 4 is 11.9 Å². The smallest absolute Gasteiger partial charge is 0.334 e. The highest BCUT2D eigenvalue weighted by atomic mass is 16.6. The van der Waals surface area contributed by atoms with Gasteiger partial charge in [-0.1, -0.05) is 38.8 Å². The van der Waals surface area contributed by atoms with Crippen LogP contribution in [0.1, 0.15) is 39.0 Å². The summed E-state index contributed by atoms with van der Waals surface area (Å²) in [6.45, 7) is 9.76. The molecule has 19 heavy (non-hydrogen) atoms. The SMILES string of the molecule is C=CCNC(=O)C1C(=C)C(=O)O[C@@H]1CCCCCC. The Bertz CT molecular complexity index is 362. The molecule has 4 heteroatoms. The molecular weight excluding hydrogens is 242 g/mol. The van der Waals surface area contributed by atoms with Crippen molar-refractivity contribution < 1.29 is 14.3 Å². The van der Waals surface area contributed by atoms with Gasteiger partial charge in [-0.05, 0) is 12.8 Å². The number of carbonyl (C=O) groups excluding carboxylic acids is 2. The zero-order chi connectivity index (χ0) is 14.3. The van der Waals surface area contributed by atoms with Crippen molar-refractivity contribution in [2.24, 2.45) is 5.92 Å². The maximum Gasteiger partial charge on any atom is 0.334 e. The number of nitrogens with one attached hydrogen (secondary N) is 1. The Morgan fingerprint density at radius 3 is 2.79 bits per heavy atom. The molecule has 4 nitrogen and oxygen atoms in total. The molecule has 0 aliphatic carbocycles. The van der Waals surface area contributed by atoms with Gasteiger partial charge in [-0.15, -0.1) is 6.58 Å². The number of hydrogen-bond donors (Lipinski definition) is 1. The summed E-state index contributed by atoms with van der Waals surface area (Å²) in [5, 5.41) is 2.71. The van der Waals surface area contributed by atoms with Crippen molar-refractivity contribution in [3.63, 3.8) is 0 Å². The summed E-state index contributed by atoms with van der Waals surface area (Å²) in [6.07, 6.45) is 6.34. The van der Waals surface area contributed by atoms with Crippen LogP contribution in [0.5, 0.6) is 0 Å². The first-order valence-corrected chi connectivity index (χ1v) is 6.90. The average molecular weight is 265 g/mol. The summed E-state index contributed by atoms with van der Waals surface area (Å²) >= 11 is 0. The fourth-order valence-corrected chi connectivity index (χ4v) is 2.24. The first-order chi connectivity index (χ1) is 9.11. The molecule has 1 N–H and O–H groups in total. The second kappa shape index (κ2) is 7.77. The molecule has 0 aromatic carbocycles. The van der Waals surface area contributed by atoms with Crippen molar-refractivity contribution in [2.75, 3.05) is 6.54 Å². The summed E-state index contributed by atoms with van der Waals surface area (Å²) in [4.78, 5) is 23.5. The standard InChI is InChI=1S/C15H23NO3/c1-4-6-7-8-9-12-13(11(3)15(18)19-12)14(17)16-10-5-2/h5,12-13H,2-4,6-10H2,1H3,(H,16,17)/t12-,13?/m1/s1. The summed E-state index contributed by atoms with van der Waals surface area (Å²) in [5.41, 5.74) is 0.266. The lowest BCUT2D eigenvalue weighted by molar-refractivity contribution is -0.140. The number of carbonyl (C=O) groups is 2. The quantitative estimate of drug-likeness (QED) is 0.317. The van der Waals surface area contributed by atoms with Crippen molar-refractivity contribution in [2.45, 2.75) is 45.1 Å². The Hall–Kier alpha value is -1.58. The van der Waals surface area contributed by atoms with Gasteiger partial charge in [0.15, 0.2) is 0 Å². The van der Waals surface area contributed by atoms with E-state index in [4.69, 9.17) is 4.74 Å². The summed E-state index contributed by atoms with van der Waals surface area (Å²) in [5.74, 6) is -1.19. The Kier molecular flexibility index (Phi) is 6.33. The van der Waals surface area contributed by atoms with Crippen LogP contribution >= 0.6 is 0 Å². The third-order valence-corrected chi connectivity index (χ3v) is 3.31. The molecule has 2 atom stereocenters. The lowest BCUT2D eigenvalue weighted by atomic mass is 9.92. The van der Waals surface area contributed by atoms with Crippen LogP contribution in [0, 0.1) is 5.92 Å². The zero-order valence-corrected chi connectivity index (χ0v) is 11.6. The molecule has 0 aromatic heterocycles. The van der Waals surface area contributed by atoms with Gasteiger partial charge in [0.05, 0.1) is 0 Å². The van der Waals surface area contributed by atoms with Crippen LogP contribution in [-0.4, -0.2) is 24.5 Å². The van der Waals surface area contributed by atoms with Gasteiger partial charge in [0.2, 0.25) is 5.91 Å². The number of cyclic esters (lactones) is 1. The number of ether oxygens (including phenoxy) is 1. The largest absolute Gasteiger partial charge is 0.458 e. The van der Waals surface area contributed by atoms with Crippen molar-refractivity contribution in [1.29, 1.82) is 0 Å². The lowest BCUT2D eigenvalue weighted by Gasteiger charge is -2.16. The van der Waals surface area contributed by atoms with E-state index in [9.17, 15) is 9.59 Å². The highest BCUT2D eigenvalue weighted by Crippen LogP contribution is 2.30. The van der Waals surface area contributed by atoms with E-state index in [2.05, 4.69) is 25.4 Å². The Labute approximate surface area is 114 Å². The molecule has 0 bridgehead atoms. The second-order valence-electron chi connectivity index (χ2n) is 4.83. The predicted molar refractivity (Wildman–Crippen MR) is 74.5 cm³/mol. The van der Waals surface area contributed by atoms with E-state index in [1.807, 2.05) is 0 Å². The third-order valence-electron chi connectivity index (χ3n) is 3.31. The molecule has 1 heterocycles. The molecule has 0 aromatic rings. The number of amides is 1. The van der Waals surface area contributed by atoms with Gasteiger partial charge < -0.3 is 10.1 Å². The monoisotopic (exact) mass is 265 g/mol. The molecule has 0 saturated carbocycles. The first kappa shape index (κ1) is 15.5. The van der Waals surface area contributed by atoms with E-state index in [-0.39, 0.29) is 17.6 Å². The highest BCUT2D eigenvalue weighted by molar-refractivity contribution is 5.99. The fraction of sp³-hybridized carbons (Fsp3) is 0.600. The van der Waals surface area contributed by atoms with Crippen molar-refractivity contribution in [3.8, 4) is 0 Å². The molecule has 0 radical (unpaired) electrons. The molecule has 1 saturated heterocycles. The molecule has 106 valence electrons. The first-order valence-electron chi connectivity index (χ1n) is 6.90. The lowest BCUT2D eigenvalue weighted by Crippen LogP contribution is -2.36. The Morgan fingerprint density at radius 2 is 2.16 bits per heavy atom. The molecule has 1 unspecified atom stereocenters. The number of rotatable bonds is 8. The normalized spacial score (nSPS) is 22.2. The van der Waals surface area contributed by atoms with Crippen molar-refractivity contribution in [3.05, 3.63) is 24.8 Å². The predicted octanol–water partition coefficient (Wildman–Crippen LogP) is 2.36. The third kappa shape index (κ3) is 4.23. The van der Waals surface area contributed by atoms with Gasteiger partial charge in [0.25, 0.3) is 0 Å². The maximum atomic E-state index is 12.0. The van der Waals surface area contributed by atoms with E-state index in [0.717, 1.165) is 32.1 Å². The van der Waals surface area contributed by atoms with Crippen molar-refractivity contribution in [1.82, 2.24) is 5.32 Å². The van der Waals surface area contributed by atoms with E-state index >= 15 is 0 Å². The summed E-state index contributed by atoms with van der Waals surface area (Å²) < 4.78 is 5.24. The molecular formula is C15H23NO3. The minimum Gasteiger partial charge on any atom is -0.458 e. The van der Waals surface area contributed by atoms with Crippen LogP contribution in [0.3, 0.4) is 0 Å². The van der Waals surface area contributed by atoms with E-state index in [1.54, 1.807) is 6.08 Å². The number of unbranched alkanes of at least 4 members (excludes halogenated alkanes) is 3. The van der Waals surface area contributed by atoms with Gasteiger partial charge in [0.1, 0.15) is 12.0 Å². The topological polar surface area (TPSA) is 55.4 Å². The van der Waals surface area contributed by atoms with Gasteiger partial charge >= 0.3 is 5.97 Å². The Balaban J connectivity index is 2.56. The minimum atomic E-state index is -0.547. The van der Waals surface area contributed by atoms with Gasteiger partial charge in [-0.3, -0.25) is 4.79 Å². The van der Waals surface area contributed by atoms with Gasteiger partial charge in [0, 0.05) is 12.1 Å². The Morgan fingerprint density at radius 1 is 1.42 bits per heavy atom. The molecule has 1 aliphatic rings. The van der Waals surface area contributed by atoms with E-state index < -0.39 is 11.9 Å². The minimum absolute atomic E-state index is 0.198. The van der Waals surface area contributed by atoms with E-state index in [0.29, 0.717) is 6.54 Å². The molecule has 1 fully saturated rings. The molecule has 1 amide bonds. The zero-order valence-electron chi connectivity index (χ0n) is 11.6. The second-order valence-corrected chi connectivity index (χ2v) is 4.83. The van der Waals surface area contributed by atoms with Crippen LogP contribution in [0.15, 0.2) is 24.8 Å². The van der Waals surface area contributed by atoms with E-state index in [1.165, 1.54) is 0 Å². The summed E-state index contributed by atoms with van der Waals surface area (Å²) in [6, 6.07) is 0. The van der Waals surface area contributed by atoms with Crippen LogP contribution in [0.25, 0.3) is 0 Å². The van der Waals surface area contributed by atoms with Crippen LogP contribution in [0.2, 0.25) is 0 Å². The maximum absolute atomic E-state index is 12.0. The molecule has 1 rings (SSSR count). The average Bonchev–Trinajstić information content (AvgIpc) is 2.67. The molecule has 0 spiro atoms. The van der Waals surface area contributed by atoms with Crippen LogP contribution in [0.4, 0.5) is 0 Å². The highest BCUT2D eigenvalue weighted by Gasteiger charge is 2.42. The number of esters is 1. The number of hydrogen-bond acceptors (Lipinski definition) is 3. The summed E-state index contributed by atoms with van der Waals surface area (Å²) in [7, 11) is 0. The van der Waals surface area contributed by atoms with Gasteiger partial charge in [-0.2, -0.15) is 0 Å². The molecule has 1 aliphatic heterocycles. The van der Waals surface area contributed by atoms with Gasteiger partial charge in [-0.25, -0.2) is 4.79 Å². The van der Waals surface area contributed by atoms with Crippen LogP contribution in [-0.2, 0) is 14.3 Å².